The van der Waals surface area contributed by atoms with E-state index in [0.29, 0.717) is 6.42 Å². The number of benzene rings is 2. The van der Waals surface area contributed by atoms with Gasteiger partial charge in [0.25, 0.3) is 0 Å². The number of aromatic nitrogens is 1. The molecule has 3 unspecified atom stereocenters. The number of H-pyrrole nitrogens is 1. The van der Waals surface area contributed by atoms with Gasteiger partial charge in [-0.05, 0) is 30.5 Å². The minimum Gasteiger partial charge on any atom is -0.459 e. The van der Waals surface area contributed by atoms with E-state index in [-0.39, 0.29) is 6.61 Å². The average Bonchev–Trinajstić information content (AvgIpc) is 3.13. The van der Waals surface area contributed by atoms with Crippen molar-refractivity contribution in [2.45, 2.75) is 38.1 Å². The van der Waals surface area contributed by atoms with Crippen LogP contribution in [-0.4, -0.2) is 40.2 Å². The van der Waals surface area contributed by atoms with E-state index >= 15 is 0 Å². The number of para-hydroxylation sites is 1. The Morgan fingerprint density at radius 3 is 2.55 bits per heavy atom. The van der Waals surface area contributed by atoms with E-state index in [1.54, 1.807) is 0 Å². The molecule has 2 aromatic carbocycles. The maximum absolute atomic E-state index is 12.5. The molecule has 5 N–H and O–H groups in total. The first-order chi connectivity index (χ1) is 14.0. The second-order valence-electron chi connectivity index (χ2n) is 6.99. The SMILES string of the molecule is CC(O)C(NC(=O)C(N)Cc1c[nH]c2ccccc12)C(=O)OCc1ccccc1. The third kappa shape index (κ3) is 5.22. The predicted octanol–water partition coefficient (Wildman–Crippen LogP) is 1.65. The molecule has 0 bridgehead atoms. The van der Waals surface area contributed by atoms with Gasteiger partial charge in [-0.25, -0.2) is 4.79 Å². The Morgan fingerprint density at radius 1 is 1.14 bits per heavy atom. The lowest BCUT2D eigenvalue weighted by Crippen LogP contribution is -2.53. The van der Waals surface area contributed by atoms with Crippen LogP contribution in [0.4, 0.5) is 0 Å². The van der Waals surface area contributed by atoms with E-state index in [1.807, 2.05) is 60.8 Å². The summed E-state index contributed by atoms with van der Waals surface area (Å²) in [6.07, 6.45) is 0.988. The van der Waals surface area contributed by atoms with Crippen molar-refractivity contribution < 1.29 is 19.4 Å². The van der Waals surface area contributed by atoms with Crippen LogP contribution in [0.15, 0.2) is 60.8 Å². The van der Waals surface area contributed by atoms with E-state index < -0.39 is 30.1 Å². The molecule has 0 spiro atoms. The van der Waals surface area contributed by atoms with Crippen LogP contribution in [0.2, 0.25) is 0 Å². The number of rotatable bonds is 8. The average molecular weight is 395 g/mol. The van der Waals surface area contributed by atoms with E-state index in [0.717, 1.165) is 22.0 Å². The van der Waals surface area contributed by atoms with Crippen LogP contribution < -0.4 is 11.1 Å². The number of aliphatic hydroxyl groups excluding tert-OH is 1. The van der Waals surface area contributed by atoms with Crippen molar-refractivity contribution >= 4 is 22.8 Å². The first-order valence-corrected chi connectivity index (χ1v) is 9.45. The van der Waals surface area contributed by atoms with Gasteiger partial charge in [0.05, 0.1) is 12.1 Å². The fourth-order valence-electron chi connectivity index (χ4n) is 3.09. The minimum atomic E-state index is -1.19. The summed E-state index contributed by atoms with van der Waals surface area (Å²) in [5.74, 6) is -1.24. The Kier molecular flexibility index (Phi) is 6.64. The van der Waals surface area contributed by atoms with E-state index in [4.69, 9.17) is 10.5 Å². The zero-order chi connectivity index (χ0) is 20.8. The summed E-state index contributed by atoms with van der Waals surface area (Å²) in [4.78, 5) is 28.0. The highest BCUT2D eigenvalue weighted by Gasteiger charge is 2.29. The molecule has 7 nitrogen and oxygen atoms in total. The van der Waals surface area contributed by atoms with Gasteiger partial charge in [-0.15, -0.1) is 0 Å². The number of hydrogen-bond donors (Lipinski definition) is 4. The molecule has 7 heteroatoms. The summed E-state index contributed by atoms with van der Waals surface area (Å²) in [5, 5.41) is 13.5. The summed E-state index contributed by atoms with van der Waals surface area (Å²) in [5.41, 5.74) is 8.73. The zero-order valence-corrected chi connectivity index (χ0v) is 16.2. The van der Waals surface area contributed by atoms with Gasteiger partial charge in [-0.2, -0.15) is 0 Å². The smallest absolute Gasteiger partial charge is 0.331 e. The molecule has 3 aromatic rings. The first-order valence-electron chi connectivity index (χ1n) is 9.45. The number of nitrogens with one attached hydrogen (secondary N) is 2. The van der Waals surface area contributed by atoms with Gasteiger partial charge in [0, 0.05) is 17.1 Å². The summed E-state index contributed by atoms with van der Waals surface area (Å²) >= 11 is 0. The molecule has 0 radical (unpaired) electrons. The first kappa shape index (κ1) is 20.6. The van der Waals surface area contributed by atoms with Crippen molar-refractivity contribution in [1.82, 2.24) is 10.3 Å². The zero-order valence-electron chi connectivity index (χ0n) is 16.2. The molecule has 1 amide bonds. The summed E-state index contributed by atoms with van der Waals surface area (Å²) in [6.45, 7) is 1.47. The van der Waals surface area contributed by atoms with Gasteiger partial charge in [0.2, 0.25) is 5.91 Å². The van der Waals surface area contributed by atoms with Crippen LogP contribution in [-0.2, 0) is 27.4 Å². The Labute approximate surface area is 168 Å². The van der Waals surface area contributed by atoms with Crippen LogP contribution in [0.25, 0.3) is 10.9 Å². The van der Waals surface area contributed by atoms with Gasteiger partial charge in [0.1, 0.15) is 6.61 Å². The molecule has 0 aliphatic rings. The molecule has 1 aromatic heterocycles. The number of aliphatic hydroxyl groups is 1. The molecule has 0 aliphatic carbocycles. The molecular weight excluding hydrogens is 370 g/mol. The molecular formula is C22H25N3O4. The highest BCUT2D eigenvalue weighted by molar-refractivity contribution is 5.89. The Hall–Kier alpha value is -3.16. The molecule has 3 rings (SSSR count). The number of aromatic amines is 1. The quantitative estimate of drug-likeness (QED) is 0.433. The second kappa shape index (κ2) is 9.36. The molecule has 1 heterocycles. The molecule has 0 saturated carbocycles. The van der Waals surface area contributed by atoms with E-state index in [9.17, 15) is 14.7 Å². The maximum atomic E-state index is 12.5. The summed E-state index contributed by atoms with van der Waals surface area (Å²) in [7, 11) is 0. The topological polar surface area (TPSA) is 117 Å². The van der Waals surface area contributed by atoms with E-state index in [1.165, 1.54) is 6.92 Å². The predicted molar refractivity (Wildman–Crippen MR) is 110 cm³/mol. The molecule has 0 aliphatic heterocycles. The van der Waals surface area contributed by atoms with Crippen LogP contribution in [0.1, 0.15) is 18.1 Å². The van der Waals surface area contributed by atoms with Crippen LogP contribution in [0.5, 0.6) is 0 Å². The lowest BCUT2D eigenvalue weighted by molar-refractivity contribution is -0.152. The number of carbonyl (C=O) groups is 2. The monoisotopic (exact) mass is 395 g/mol. The van der Waals surface area contributed by atoms with Crippen molar-refractivity contribution in [1.29, 1.82) is 0 Å². The van der Waals surface area contributed by atoms with Crippen molar-refractivity contribution in [3.63, 3.8) is 0 Å². The third-order valence-electron chi connectivity index (χ3n) is 4.71. The number of hydrogen-bond acceptors (Lipinski definition) is 5. The molecule has 0 fully saturated rings. The van der Waals surface area contributed by atoms with Crippen LogP contribution >= 0.6 is 0 Å². The third-order valence-corrected chi connectivity index (χ3v) is 4.71. The van der Waals surface area contributed by atoms with Crippen molar-refractivity contribution in [2.75, 3.05) is 0 Å². The van der Waals surface area contributed by atoms with Crippen LogP contribution in [0.3, 0.4) is 0 Å². The molecule has 152 valence electrons. The van der Waals surface area contributed by atoms with Gasteiger partial charge in [-0.1, -0.05) is 48.5 Å². The van der Waals surface area contributed by atoms with Crippen molar-refractivity contribution in [2.24, 2.45) is 5.73 Å². The number of amides is 1. The number of carbonyl (C=O) groups excluding carboxylic acids is 2. The Bertz CT molecular complexity index is 968. The van der Waals surface area contributed by atoms with Gasteiger partial charge < -0.3 is 25.9 Å². The summed E-state index contributed by atoms with van der Waals surface area (Å²) in [6, 6.07) is 14.8. The van der Waals surface area contributed by atoms with Crippen LogP contribution in [0, 0.1) is 0 Å². The number of ether oxygens (including phenoxy) is 1. The highest BCUT2D eigenvalue weighted by Crippen LogP contribution is 2.18. The van der Waals surface area contributed by atoms with Gasteiger partial charge in [0.15, 0.2) is 6.04 Å². The number of nitrogens with two attached hydrogens (primary N) is 1. The Morgan fingerprint density at radius 2 is 1.83 bits per heavy atom. The number of fused-ring (bicyclic) bond motifs is 1. The van der Waals surface area contributed by atoms with Gasteiger partial charge in [-0.3, -0.25) is 4.79 Å². The Balaban J connectivity index is 1.60. The highest BCUT2D eigenvalue weighted by atomic mass is 16.5. The normalized spacial score (nSPS) is 14.2. The lowest BCUT2D eigenvalue weighted by atomic mass is 10.0. The van der Waals surface area contributed by atoms with Crippen molar-refractivity contribution in [3.05, 3.63) is 71.9 Å². The van der Waals surface area contributed by atoms with E-state index in [2.05, 4.69) is 10.3 Å². The molecule has 29 heavy (non-hydrogen) atoms. The largest absolute Gasteiger partial charge is 0.459 e. The number of esters is 1. The van der Waals surface area contributed by atoms with Gasteiger partial charge >= 0.3 is 5.97 Å². The standard InChI is InChI=1S/C22H25N3O4/c1-14(26)20(22(28)29-13-15-7-3-2-4-8-15)25-21(27)18(23)11-16-12-24-19-10-6-5-9-17(16)19/h2-10,12,14,18,20,24,26H,11,13,23H2,1H3,(H,25,27). The minimum absolute atomic E-state index is 0.0557. The fraction of sp³-hybridized carbons (Fsp3) is 0.273. The molecule has 0 saturated heterocycles. The molecule has 3 atom stereocenters. The summed E-state index contributed by atoms with van der Waals surface area (Å²) < 4.78 is 5.24. The second-order valence-corrected chi connectivity index (χ2v) is 6.99. The van der Waals surface area contributed by atoms with Crippen molar-refractivity contribution in [3.8, 4) is 0 Å². The lowest BCUT2D eigenvalue weighted by Gasteiger charge is -2.22. The fourth-order valence-corrected chi connectivity index (χ4v) is 3.09. The maximum Gasteiger partial charge on any atom is 0.331 e.